The molecule has 3 rings (SSSR count). The molecule has 0 aromatic rings. The van der Waals surface area contributed by atoms with Crippen LogP contribution in [0.4, 0.5) is 0 Å². The van der Waals surface area contributed by atoms with Gasteiger partial charge in [0.15, 0.2) is 0 Å². The quantitative estimate of drug-likeness (QED) is 0.595. The minimum Gasteiger partial charge on any atom is -0.371 e. The van der Waals surface area contributed by atoms with Gasteiger partial charge >= 0.3 is 0 Å². The largest absolute Gasteiger partial charge is 0.371 e. The molecule has 1 heteroatoms. The Bertz CT molecular complexity index is 396. The van der Waals surface area contributed by atoms with E-state index in [1.807, 2.05) is 0 Å². The van der Waals surface area contributed by atoms with Crippen molar-refractivity contribution in [1.29, 1.82) is 0 Å². The monoisotopic (exact) mass is 264 g/mol. The molecular weight excluding hydrogens is 232 g/mol. The second-order valence-electron chi connectivity index (χ2n) is 8.99. The van der Waals surface area contributed by atoms with Crippen LogP contribution in [-0.4, -0.2) is 11.7 Å². The number of fused-ring (bicyclic) bond motifs is 3. The van der Waals surface area contributed by atoms with Crippen molar-refractivity contribution in [3.8, 4) is 0 Å². The first-order valence-electron chi connectivity index (χ1n) is 8.27. The van der Waals surface area contributed by atoms with Crippen molar-refractivity contribution in [3.63, 3.8) is 0 Å². The second kappa shape index (κ2) is 3.59. The predicted octanol–water partition coefficient (Wildman–Crippen LogP) is 5.04. The summed E-state index contributed by atoms with van der Waals surface area (Å²) in [7, 11) is 0. The van der Waals surface area contributed by atoms with Crippen LogP contribution in [0.25, 0.3) is 0 Å². The van der Waals surface area contributed by atoms with E-state index in [2.05, 4.69) is 48.5 Å². The molecule has 5 unspecified atom stereocenters. The summed E-state index contributed by atoms with van der Waals surface area (Å²) in [5, 5.41) is 0. The molecule has 0 aromatic heterocycles. The van der Waals surface area contributed by atoms with E-state index < -0.39 is 0 Å². The lowest BCUT2D eigenvalue weighted by molar-refractivity contribution is -0.101. The lowest BCUT2D eigenvalue weighted by atomic mass is 9.45. The molecule has 1 saturated heterocycles. The molecule has 3 fully saturated rings. The van der Waals surface area contributed by atoms with Gasteiger partial charge in [0.05, 0.1) is 11.7 Å². The van der Waals surface area contributed by atoms with Gasteiger partial charge in [0.2, 0.25) is 0 Å². The molecular formula is C18H32O. The SMILES string of the molecule is CC1CCCC2CC3OC(C)(C)C(C)(C)C3(C)C12C. The summed E-state index contributed by atoms with van der Waals surface area (Å²) in [6.45, 7) is 17.2. The molecule has 2 saturated carbocycles. The fourth-order valence-corrected chi connectivity index (χ4v) is 6.18. The summed E-state index contributed by atoms with van der Waals surface area (Å²) >= 11 is 0. The van der Waals surface area contributed by atoms with Crippen molar-refractivity contribution in [2.75, 3.05) is 0 Å². The van der Waals surface area contributed by atoms with E-state index in [4.69, 9.17) is 4.74 Å². The molecule has 2 aliphatic carbocycles. The summed E-state index contributed by atoms with van der Waals surface area (Å²) in [6, 6.07) is 0. The first kappa shape index (κ1) is 13.9. The normalized spacial score (nSPS) is 54.8. The highest BCUT2D eigenvalue weighted by molar-refractivity contribution is 5.22. The highest BCUT2D eigenvalue weighted by atomic mass is 16.5. The second-order valence-corrected chi connectivity index (χ2v) is 8.99. The topological polar surface area (TPSA) is 9.23 Å². The van der Waals surface area contributed by atoms with Gasteiger partial charge < -0.3 is 4.74 Å². The maximum atomic E-state index is 6.60. The van der Waals surface area contributed by atoms with Crippen LogP contribution in [0.2, 0.25) is 0 Å². The minimum atomic E-state index is -0.00242. The average Bonchev–Trinajstić information content (AvgIpc) is 2.59. The number of hydrogen-bond donors (Lipinski definition) is 0. The minimum absolute atomic E-state index is 0.00242. The fourth-order valence-electron chi connectivity index (χ4n) is 6.18. The van der Waals surface area contributed by atoms with Crippen molar-refractivity contribution in [3.05, 3.63) is 0 Å². The Kier molecular flexibility index (Phi) is 2.63. The maximum Gasteiger partial charge on any atom is 0.0687 e. The Morgan fingerprint density at radius 1 is 0.947 bits per heavy atom. The van der Waals surface area contributed by atoms with Crippen LogP contribution >= 0.6 is 0 Å². The van der Waals surface area contributed by atoms with E-state index in [1.54, 1.807) is 0 Å². The Morgan fingerprint density at radius 2 is 1.58 bits per heavy atom. The van der Waals surface area contributed by atoms with Gasteiger partial charge in [-0.1, -0.05) is 47.5 Å². The van der Waals surface area contributed by atoms with Crippen molar-refractivity contribution in [1.82, 2.24) is 0 Å². The molecule has 0 amide bonds. The van der Waals surface area contributed by atoms with Gasteiger partial charge in [-0.2, -0.15) is 0 Å². The number of ether oxygens (including phenoxy) is 1. The first-order valence-corrected chi connectivity index (χ1v) is 8.27. The van der Waals surface area contributed by atoms with Gasteiger partial charge in [-0.15, -0.1) is 0 Å². The third kappa shape index (κ3) is 1.27. The van der Waals surface area contributed by atoms with E-state index in [9.17, 15) is 0 Å². The van der Waals surface area contributed by atoms with Crippen LogP contribution in [0.5, 0.6) is 0 Å². The van der Waals surface area contributed by atoms with Crippen LogP contribution in [0.15, 0.2) is 0 Å². The van der Waals surface area contributed by atoms with Crippen LogP contribution < -0.4 is 0 Å². The summed E-state index contributed by atoms with van der Waals surface area (Å²) in [6.07, 6.45) is 6.02. The fraction of sp³-hybridized carbons (Fsp3) is 1.00. The van der Waals surface area contributed by atoms with E-state index in [0.29, 0.717) is 16.9 Å². The summed E-state index contributed by atoms with van der Waals surface area (Å²) in [5.41, 5.74) is 0.999. The molecule has 1 nitrogen and oxygen atoms in total. The Balaban J connectivity index is 2.14. The summed E-state index contributed by atoms with van der Waals surface area (Å²) in [5.74, 6) is 1.71. The highest BCUT2D eigenvalue weighted by Gasteiger charge is 2.74. The third-order valence-electron chi connectivity index (χ3n) is 8.56. The molecule has 0 aromatic carbocycles. The number of rotatable bonds is 0. The molecule has 1 heterocycles. The molecule has 1 aliphatic heterocycles. The number of hydrogen-bond acceptors (Lipinski definition) is 1. The van der Waals surface area contributed by atoms with Gasteiger partial charge in [-0.25, -0.2) is 0 Å². The Labute approximate surface area is 119 Å². The van der Waals surface area contributed by atoms with Crippen molar-refractivity contribution >= 4 is 0 Å². The summed E-state index contributed by atoms with van der Waals surface area (Å²) < 4.78 is 6.60. The van der Waals surface area contributed by atoms with Crippen LogP contribution in [0.3, 0.4) is 0 Å². The van der Waals surface area contributed by atoms with Gasteiger partial charge in [-0.05, 0) is 43.9 Å². The van der Waals surface area contributed by atoms with Crippen LogP contribution in [-0.2, 0) is 4.74 Å². The zero-order valence-corrected chi connectivity index (χ0v) is 14.0. The molecule has 19 heavy (non-hydrogen) atoms. The third-order valence-corrected chi connectivity index (χ3v) is 8.56. The van der Waals surface area contributed by atoms with E-state index in [-0.39, 0.29) is 11.0 Å². The predicted molar refractivity (Wildman–Crippen MR) is 80.1 cm³/mol. The van der Waals surface area contributed by atoms with Crippen molar-refractivity contribution in [2.24, 2.45) is 28.1 Å². The van der Waals surface area contributed by atoms with Crippen molar-refractivity contribution in [2.45, 2.75) is 85.9 Å². The van der Waals surface area contributed by atoms with Gasteiger partial charge in [0.1, 0.15) is 0 Å². The zero-order chi connectivity index (χ0) is 14.3. The lowest BCUT2D eigenvalue weighted by Gasteiger charge is -2.57. The molecule has 0 N–H and O–H groups in total. The maximum absolute atomic E-state index is 6.60. The zero-order valence-electron chi connectivity index (χ0n) is 14.0. The average molecular weight is 264 g/mol. The molecule has 5 atom stereocenters. The first-order chi connectivity index (χ1) is 8.59. The molecule has 0 radical (unpaired) electrons. The molecule has 110 valence electrons. The van der Waals surface area contributed by atoms with E-state index in [1.165, 1.54) is 25.7 Å². The molecule has 0 bridgehead atoms. The van der Waals surface area contributed by atoms with E-state index >= 15 is 0 Å². The molecule has 3 aliphatic rings. The van der Waals surface area contributed by atoms with Crippen LogP contribution in [0.1, 0.15) is 74.1 Å². The lowest BCUT2D eigenvalue weighted by Crippen LogP contribution is -2.55. The standard InChI is InChI=1S/C18H32O/c1-12-9-8-10-13-11-14-18(7,17(12,13)6)15(2,3)16(4,5)19-14/h12-14H,8-11H2,1-7H3. The van der Waals surface area contributed by atoms with Gasteiger partial charge in [0.25, 0.3) is 0 Å². The summed E-state index contributed by atoms with van der Waals surface area (Å²) in [4.78, 5) is 0. The highest BCUT2D eigenvalue weighted by Crippen LogP contribution is 2.75. The smallest absolute Gasteiger partial charge is 0.0687 e. The van der Waals surface area contributed by atoms with Gasteiger partial charge in [0, 0.05) is 10.8 Å². The van der Waals surface area contributed by atoms with Gasteiger partial charge in [-0.3, -0.25) is 0 Å². The van der Waals surface area contributed by atoms with E-state index in [0.717, 1.165) is 11.8 Å². The molecule has 0 spiro atoms. The Morgan fingerprint density at radius 3 is 2.21 bits per heavy atom. The van der Waals surface area contributed by atoms with Crippen LogP contribution in [0, 0.1) is 28.1 Å². The Hall–Kier alpha value is -0.0400. The van der Waals surface area contributed by atoms with Crippen molar-refractivity contribution < 1.29 is 4.74 Å².